The number of furan rings is 1. The first-order valence-electron chi connectivity index (χ1n) is 10.2. The van der Waals surface area contributed by atoms with Gasteiger partial charge < -0.3 is 23.5 Å². The van der Waals surface area contributed by atoms with E-state index in [2.05, 4.69) is 11.0 Å². The molecule has 6 heteroatoms. The molecule has 0 aliphatic carbocycles. The highest BCUT2D eigenvalue weighted by Gasteiger charge is 2.19. The summed E-state index contributed by atoms with van der Waals surface area (Å²) < 4.78 is 22.3. The van der Waals surface area contributed by atoms with Gasteiger partial charge in [0.05, 0.1) is 32.0 Å². The van der Waals surface area contributed by atoms with Crippen LogP contribution < -0.4 is 9.64 Å². The molecule has 2 heterocycles. The van der Waals surface area contributed by atoms with Gasteiger partial charge in [0.15, 0.2) is 0 Å². The highest BCUT2D eigenvalue weighted by Crippen LogP contribution is 2.33. The molecule has 0 amide bonds. The molecular formula is C24H25NO5. The van der Waals surface area contributed by atoms with Crippen LogP contribution in [0.1, 0.15) is 25.2 Å². The molecule has 1 aliphatic rings. The molecule has 0 N–H and O–H groups in total. The van der Waals surface area contributed by atoms with Crippen LogP contribution in [0.2, 0.25) is 0 Å². The summed E-state index contributed by atoms with van der Waals surface area (Å²) in [5.74, 6) is 1.51. The number of rotatable bonds is 7. The van der Waals surface area contributed by atoms with E-state index in [0.29, 0.717) is 26.4 Å². The molecule has 1 aromatic heterocycles. The average Bonchev–Trinajstić information content (AvgIpc) is 3.15. The zero-order valence-electron chi connectivity index (χ0n) is 17.2. The van der Waals surface area contributed by atoms with Gasteiger partial charge in [-0.25, -0.2) is 4.79 Å². The van der Waals surface area contributed by atoms with Gasteiger partial charge in [0.25, 0.3) is 0 Å². The summed E-state index contributed by atoms with van der Waals surface area (Å²) in [6.45, 7) is 6.42. The number of ether oxygens (including phenoxy) is 3. The lowest BCUT2D eigenvalue weighted by atomic mass is 10.1. The smallest absolute Gasteiger partial charge is 0.373 e. The van der Waals surface area contributed by atoms with E-state index in [1.54, 1.807) is 13.0 Å². The molecule has 0 atom stereocenters. The third-order valence-corrected chi connectivity index (χ3v) is 4.84. The van der Waals surface area contributed by atoms with Crippen molar-refractivity contribution >= 4 is 28.7 Å². The number of nitrogens with zero attached hydrogens (tertiary/aromatic N) is 1. The fourth-order valence-corrected chi connectivity index (χ4v) is 3.53. The lowest BCUT2D eigenvalue weighted by molar-refractivity contribution is -0.142. The molecular weight excluding hydrogens is 382 g/mol. The first-order valence-corrected chi connectivity index (χ1v) is 10.2. The molecule has 0 spiro atoms. The summed E-state index contributed by atoms with van der Waals surface area (Å²) >= 11 is 0. The predicted molar refractivity (Wildman–Crippen MR) is 115 cm³/mol. The fourth-order valence-electron chi connectivity index (χ4n) is 3.53. The van der Waals surface area contributed by atoms with Crippen molar-refractivity contribution < 1.29 is 23.4 Å². The molecule has 0 fully saturated rings. The Hall–Kier alpha value is -3.41. The molecule has 0 radical (unpaired) electrons. The van der Waals surface area contributed by atoms with E-state index in [4.69, 9.17) is 18.6 Å². The summed E-state index contributed by atoms with van der Waals surface area (Å²) in [7, 11) is 0. The Morgan fingerprint density at radius 2 is 1.93 bits per heavy atom. The minimum atomic E-state index is -0.460. The highest BCUT2D eigenvalue weighted by molar-refractivity contribution is 5.92. The van der Waals surface area contributed by atoms with E-state index < -0.39 is 5.97 Å². The Bertz CT molecular complexity index is 1070. The highest BCUT2D eigenvalue weighted by atomic mass is 16.6. The maximum Gasteiger partial charge on any atom is 0.373 e. The van der Waals surface area contributed by atoms with Gasteiger partial charge in [0.2, 0.25) is 5.76 Å². The number of carbonyl (C=O) groups is 1. The quantitative estimate of drug-likeness (QED) is 0.319. The Kier molecular flexibility index (Phi) is 5.93. The molecule has 0 bridgehead atoms. The monoisotopic (exact) mass is 407 g/mol. The van der Waals surface area contributed by atoms with Crippen LogP contribution in [0.25, 0.3) is 17.0 Å². The van der Waals surface area contributed by atoms with E-state index in [1.165, 1.54) is 0 Å². The molecule has 30 heavy (non-hydrogen) atoms. The maximum absolute atomic E-state index is 12.1. The lowest BCUT2D eigenvalue weighted by Crippen LogP contribution is -2.31. The van der Waals surface area contributed by atoms with Crippen molar-refractivity contribution in [1.82, 2.24) is 0 Å². The molecule has 156 valence electrons. The number of anilines is 1. The molecule has 2 aromatic carbocycles. The molecule has 3 aromatic rings. The van der Waals surface area contributed by atoms with Crippen LogP contribution in [-0.4, -0.2) is 32.3 Å². The van der Waals surface area contributed by atoms with E-state index in [9.17, 15) is 4.79 Å². The Morgan fingerprint density at radius 3 is 2.77 bits per heavy atom. The largest absolute Gasteiger partial charge is 0.490 e. The molecule has 1 aliphatic heterocycles. The van der Waals surface area contributed by atoms with Crippen molar-refractivity contribution in [2.24, 2.45) is 0 Å². The number of hydrogen-bond donors (Lipinski definition) is 0. The van der Waals surface area contributed by atoms with Gasteiger partial charge >= 0.3 is 5.97 Å². The fraction of sp³-hybridized carbons (Fsp3) is 0.292. The summed E-state index contributed by atoms with van der Waals surface area (Å²) in [6, 6.07) is 15.9. The van der Waals surface area contributed by atoms with E-state index in [1.807, 2.05) is 49.4 Å². The minimum absolute atomic E-state index is 0.201. The van der Waals surface area contributed by atoms with Crippen LogP contribution in [0.15, 0.2) is 58.7 Å². The number of carbonyl (C=O) groups excluding carboxylic acids is 1. The lowest BCUT2D eigenvalue weighted by Gasteiger charge is -2.30. The molecule has 4 rings (SSSR count). The minimum Gasteiger partial charge on any atom is -0.490 e. The second kappa shape index (κ2) is 8.95. The van der Waals surface area contributed by atoms with Crippen LogP contribution in [0, 0.1) is 0 Å². The third-order valence-electron chi connectivity index (χ3n) is 4.84. The van der Waals surface area contributed by atoms with Crippen molar-refractivity contribution in [2.45, 2.75) is 20.4 Å². The number of benzene rings is 2. The van der Waals surface area contributed by atoms with Gasteiger partial charge in [-0.05, 0) is 55.8 Å². The first-order chi connectivity index (χ1) is 14.7. The topological polar surface area (TPSA) is 61.1 Å². The van der Waals surface area contributed by atoms with Crippen LogP contribution in [0.5, 0.6) is 5.75 Å². The standard InChI is InChI=1S/C24H25NO5/c1-3-27-23(24(26)28-4-2)14-17-9-10-21-18(13-17)15-19(30-21)16-25-11-12-29-22-8-6-5-7-20(22)25/h5-10,13-15H,3-4,11-12,16H2,1-2H3/b23-14-. The van der Waals surface area contributed by atoms with Crippen molar-refractivity contribution in [2.75, 3.05) is 31.3 Å². The van der Waals surface area contributed by atoms with Crippen LogP contribution in [0.4, 0.5) is 5.69 Å². The SMILES string of the molecule is CCOC(=O)/C(=C/c1ccc2oc(CN3CCOc4ccccc43)cc2c1)OCC. The van der Waals surface area contributed by atoms with Crippen molar-refractivity contribution in [3.8, 4) is 5.75 Å². The van der Waals surface area contributed by atoms with Crippen LogP contribution in [0.3, 0.4) is 0 Å². The number of hydrogen-bond acceptors (Lipinski definition) is 6. The Balaban J connectivity index is 1.57. The molecule has 6 nitrogen and oxygen atoms in total. The van der Waals surface area contributed by atoms with Crippen molar-refractivity contribution in [3.63, 3.8) is 0 Å². The zero-order valence-corrected chi connectivity index (χ0v) is 17.2. The van der Waals surface area contributed by atoms with Gasteiger partial charge in [0.1, 0.15) is 23.7 Å². The second-order valence-corrected chi connectivity index (χ2v) is 6.91. The van der Waals surface area contributed by atoms with Crippen molar-refractivity contribution in [3.05, 3.63) is 65.6 Å². The molecule has 0 unspecified atom stereocenters. The summed E-state index contributed by atoms with van der Waals surface area (Å²) in [6.07, 6.45) is 1.70. The number of fused-ring (bicyclic) bond motifs is 2. The third kappa shape index (κ3) is 4.27. The van der Waals surface area contributed by atoms with E-state index in [0.717, 1.165) is 40.3 Å². The normalized spacial score (nSPS) is 13.7. The van der Waals surface area contributed by atoms with Gasteiger partial charge in [0, 0.05) is 5.39 Å². The van der Waals surface area contributed by atoms with Crippen molar-refractivity contribution in [1.29, 1.82) is 0 Å². The summed E-state index contributed by atoms with van der Waals surface area (Å²) in [4.78, 5) is 14.3. The Labute approximate surface area is 175 Å². The summed E-state index contributed by atoms with van der Waals surface area (Å²) in [5, 5.41) is 0.972. The molecule has 0 saturated heterocycles. The maximum atomic E-state index is 12.1. The average molecular weight is 407 g/mol. The van der Waals surface area contributed by atoms with Gasteiger partial charge in [-0.3, -0.25) is 0 Å². The second-order valence-electron chi connectivity index (χ2n) is 6.91. The van der Waals surface area contributed by atoms with Crippen LogP contribution >= 0.6 is 0 Å². The number of para-hydroxylation sites is 2. The van der Waals surface area contributed by atoms with Gasteiger partial charge in [-0.15, -0.1) is 0 Å². The Morgan fingerprint density at radius 1 is 1.10 bits per heavy atom. The number of esters is 1. The summed E-state index contributed by atoms with van der Waals surface area (Å²) in [5.41, 5.74) is 2.73. The molecule has 0 saturated carbocycles. The zero-order chi connectivity index (χ0) is 20.9. The van der Waals surface area contributed by atoms with E-state index >= 15 is 0 Å². The predicted octanol–water partition coefficient (Wildman–Crippen LogP) is 4.77. The van der Waals surface area contributed by atoms with Gasteiger partial charge in [-0.1, -0.05) is 18.2 Å². The van der Waals surface area contributed by atoms with Gasteiger partial charge in [-0.2, -0.15) is 0 Å². The van der Waals surface area contributed by atoms with E-state index in [-0.39, 0.29) is 5.76 Å². The van der Waals surface area contributed by atoms with Crippen LogP contribution in [-0.2, 0) is 20.8 Å². The first kappa shape index (κ1) is 19.9.